The second-order valence-electron chi connectivity index (χ2n) is 4.89. The van der Waals surface area contributed by atoms with Gasteiger partial charge in [0.1, 0.15) is 0 Å². The Balaban J connectivity index is 1.96. The summed E-state index contributed by atoms with van der Waals surface area (Å²) in [7, 11) is -3.65. The lowest BCUT2D eigenvalue weighted by atomic mass is 10.1. The van der Waals surface area contributed by atoms with Gasteiger partial charge in [-0.05, 0) is 19.8 Å². The van der Waals surface area contributed by atoms with Gasteiger partial charge in [-0.25, -0.2) is 18.1 Å². The van der Waals surface area contributed by atoms with Crippen LogP contribution in [-0.4, -0.2) is 43.6 Å². The number of hydrogen-bond donors (Lipinski definition) is 2. The van der Waals surface area contributed by atoms with E-state index >= 15 is 0 Å². The highest BCUT2D eigenvalue weighted by Crippen LogP contribution is 2.26. The summed E-state index contributed by atoms with van der Waals surface area (Å²) < 4.78 is 35.1. The van der Waals surface area contributed by atoms with Crippen LogP contribution >= 0.6 is 11.3 Å². The Morgan fingerprint density at radius 3 is 3.14 bits per heavy atom. The first-order chi connectivity index (χ1) is 10.1. The highest BCUT2D eigenvalue weighted by Gasteiger charge is 2.29. The summed E-state index contributed by atoms with van der Waals surface area (Å²) >= 11 is 1.41. The lowest BCUT2D eigenvalue weighted by Crippen LogP contribution is -2.41. The Kier molecular flexibility index (Phi) is 4.16. The normalized spacial score (nSPS) is 20.0. The number of ether oxygens (including phenoxy) is 1. The van der Waals surface area contributed by atoms with Crippen LogP contribution in [0.15, 0.2) is 16.6 Å². The highest BCUT2D eigenvalue weighted by atomic mass is 32.2. The molecule has 0 radical (unpaired) electrons. The van der Waals surface area contributed by atoms with Gasteiger partial charge in [-0.1, -0.05) is 0 Å². The maximum Gasteiger partial charge on any atom is 0.260 e. The fourth-order valence-corrected chi connectivity index (χ4v) is 4.70. The largest absolute Gasteiger partial charge is 0.380 e. The van der Waals surface area contributed by atoms with Gasteiger partial charge in [0.25, 0.3) is 10.0 Å². The van der Waals surface area contributed by atoms with E-state index < -0.39 is 10.0 Å². The molecule has 0 saturated carbocycles. The minimum absolute atomic E-state index is 0.172. The average molecular weight is 330 g/mol. The van der Waals surface area contributed by atoms with E-state index in [0.717, 1.165) is 12.8 Å². The van der Waals surface area contributed by atoms with Crippen LogP contribution in [-0.2, 0) is 14.8 Å². The molecule has 1 unspecified atom stereocenters. The van der Waals surface area contributed by atoms with Gasteiger partial charge in [-0.2, -0.15) is 0 Å². The first-order valence-corrected chi connectivity index (χ1v) is 9.27. The molecule has 0 aromatic carbocycles. The van der Waals surface area contributed by atoms with Crippen LogP contribution in [0.3, 0.4) is 0 Å². The van der Waals surface area contributed by atoms with Crippen LogP contribution in [0.25, 0.3) is 4.96 Å². The molecule has 1 fully saturated rings. The Morgan fingerprint density at radius 1 is 1.57 bits per heavy atom. The second-order valence-corrected chi connectivity index (χ2v) is 7.39. The fraction of sp³-hybridized carbons (Fsp3) is 0.583. The van der Waals surface area contributed by atoms with E-state index in [4.69, 9.17) is 4.74 Å². The van der Waals surface area contributed by atoms with E-state index in [9.17, 15) is 8.42 Å². The second kappa shape index (κ2) is 5.91. The summed E-state index contributed by atoms with van der Waals surface area (Å²) in [6.07, 6.45) is 3.38. The van der Waals surface area contributed by atoms with E-state index in [-0.39, 0.29) is 11.1 Å². The van der Waals surface area contributed by atoms with Gasteiger partial charge < -0.3 is 10.1 Å². The predicted octanol–water partition coefficient (Wildman–Crippen LogP) is 1.28. The molecule has 1 aliphatic heterocycles. The van der Waals surface area contributed by atoms with Crippen molar-refractivity contribution in [1.82, 2.24) is 14.1 Å². The zero-order valence-electron chi connectivity index (χ0n) is 11.7. The summed E-state index contributed by atoms with van der Waals surface area (Å²) in [4.78, 5) is 5.00. The van der Waals surface area contributed by atoms with Crippen molar-refractivity contribution in [2.24, 2.45) is 0 Å². The molecule has 0 amide bonds. The maximum atomic E-state index is 12.7. The minimum Gasteiger partial charge on any atom is -0.380 e. The van der Waals surface area contributed by atoms with Gasteiger partial charge in [-0.15, -0.1) is 11.3 Å². The molecule has 3 heterocycles. The molecule has 3 rings (SSSR count). The van der Waals surface area contributed by atoms with Gasteiger partial charge in [0.2, 0.25) is 0 Å². The first-order valence-electron chi connectivity index (χ1n) is 6.91. The molecule has 1 saturated heterocycles. The number of thiazole rings is 1. The number of nitrogens with one attached hydrogen (secondary N) is 2. The third-order valence-corrected chi connectivity index (χ3v) is 5.60. The Hall–Kier alpha value is -1.16. The van der Waals surface area contributed by atoms with Crippen molar-refractivity contribution in [2.75, 3.05) is 25.1 Å². The minimum atomic E-state index is -3.65. The number of hydrogen-bond acceptors (Lipinski definition) is 6. The number of nitrogens with zero attached hydrogens (tertiary/aromatic N) is 2. The van der Waals surface area contributed by atoms with Crippen LogP contribution in [0.4, 0.5) is 5.82 Å². The van der Waals surface area contributed by atoms with E-state index in [1.165, 1.54) is 11.3 Å². The molecule has 2 N–H and O–H groups in total. The van der Waals surface area contributed by atoms with Gasteiger partial charge in [0.05, 0.1) is 6.61 Å². The summed E-state index contributed by atoms with van der Waals surface area (Å²) in [6, 6.07) is -0.178. The number of sulfonamides is 1. The molecule has 0 bridgehead atoms. The molecule has 9 heteroatoms. The van der Waals surface area contributed by atoms with E-state index in [1.54, 1.807) is 10.6 Å². The predicted molar refractivity (Wildman–Crippen MR) is 81.4 cm³/mol. The van der Waals surface area contributed by atoms with Crippen LogP contribution in [0.5, 0.6) is 0 Å². The summed E-state index contributed by atoms with van der Waals surface area (Å²) in [5.74, 6) is 0.397. The van der Waals surface area contributed by atoms with Crippen molar-refractivity contribution in [1.29, 1.82) is 0 Å². The topological polar surface area (TPSA) is 84.7 Å². The smallest absolute Gasteiger partial charge is 0.260 e. The maximum absolute atomic E-state index is 12.7. The van der Waals surface area contributed by atoms with Crippen molar-refractivity contribution in [3.05, 3.63) is 11.6 Å². The van der Waals surface area contributed by atoms with Crippen molar-refractivity contribution in [2.45, 2.75) is 30.8 Å². The standard InChI is InChI=1S/C12H18N4O3S2/c1-2-13-10-11(16-5-7-20-12(16)14-10)21(17,18)15-9-4-3-6-19-8-9/h5,7,9,13,15H,2-4,6,8H2,1H3. The molecular weight excluding hydrogens is 312 g/mol. The SMILES string of the molecule is CCNc1nc2sccn2c1S(=O)(=O)NC1CCCOC1. The first kappa shape index (κ1) is 14.8. The van der Waals surface area contributed by atoms with E-state index in [1.807, 2.05) is 12.3 Å². The monoisotopic (exact) mass is 330 g/mol. The Morgan fingerprint density at radius 2 is 2.43 bits per heavy atom. The van der Waals surface area contributed by atoms with E-state index in [0.29, 0.717) is 30.5 Å². The molecule has 116 valence electrons. The molecule has 7 nitrogen and oxygen atoms in total. The Labute approximate surface area is 127 Å². The quantitative estimate of drug-likeness (QED) is 0.863. The molecular formula is C12H18N4O3S2. The summed E-state index contributed by atoms with van der Waals surface area (Å²) in [5.41, 5.74) is 0. The summed E-state index contributed by atoms with van der Waals surface area (Å²) in [6.45, 7) is 3.63. The third-order valence-electron chi connectivity index (χ3n) is 3.30. The molecule has 2 aromatic rings. The average Bonchev–Trinajstić information content (AvgIpc) is 2.99. The lowest BCUT2D eigenvalue weighted by molar-refractivity contribution is 0.0774. The van der Waals surface area contributed by atoms with Gasteiger partial charge >= 0.3 is 0 Å². The lowest BCUT2D eigenvalue weighted by Gasteiger charge is -2.22. The van der Waals surface area contributed by atoms with Gasteiger partial charge in [0, 0.05) is 30.8 Å². The molecule has 1 aliphatic rings. The van der Waals surface area contributed by atoms with Crippen molar-refractivity contribution in [3.63, 3.8) is 0 Å². The van der Waals surface area contributed by atoms with Crippen LogP contribution in [0.2, 0.25) is 0 Å². The van der Waals surface area contributed by atoms with E-state index in [2.05, 4.69) is 15.0 Å². The summed E-state index contributed by atoms with van der Waals surface area (Å²) in [5, 5.41) is 5.01. The molecule has 0 spiro atoms. The van der Waals surface area contributed by atoms with Crippen molar-refractivity contribution < 1.29 is 13.2 Å². The number of anilines is 1. The zero-order valence-corrected chi connectivity index (χ0v) is 13.3. The van der Waals surface area contributed by atoms with Gasteiger partial charge in [0.15, 0.2) is 15.8 Å². The number of aromatic nitrogens is 2. The fourth-order valence-electron chi connectivity index (χ4n) is 2.41. The number of rotatable bonds is 5. The number of imidazole rings is 1. The van der Waals surface area contributed by atoms with Crippen LogP contribution in [0.1, 0.15) is 19.8 Å². The number of fused-ring (bicyclic) bond motifs is 1. The van der Waals surface area contributed by atoms with Gasteiger partial charge in [-0.3, -0.25) is 4.40 Å². The third kappa shape index (κ3) is 2.91. The molecule has 2 aromatic heterocycles. The van der Waals surface area contributed by atoms with Crippen LogP contribution in [0, 0.1) is 0 Å². The highest BCUT2D eigenvalue weighted by molar-refractivity contribution is 7.89. The van der Waals surface area contributed by atoms with Crippen molar-refractivity contribution in [3.8, 4) is 0 Å². The molecule has 0 aliphatic carbocycles. The Bertz CT molecular complexity index is 716. The molecule has 1 atom stereocenters. The zero-order chi connectivity index (χ0) is 14.9. The van der Waals surface area contributed by atoms with Crippen molar-refractivity contribution >= 4 is 32.1 Å². The molecule has 21 heavy (non-hydrogen) atoms. The van der Waals surface area contributed by atoms with Crippen LogP contribution < -0.4 is 10.0 Å².